The van der Waals surface area contributed by atoms with Gasteiger partial charge in [-0.25, -0.2) is 0 Å². The summed E-state index contributed by atoms with van der Waals surface area (Å²) < 4.78 is 0. The molecule has 2 aromatic carbocycles. The summed E-state index contributed by atoms with van der Waals surface area (Å²) in [6.45, 7) is 11.9. The fourth-order valence-corrected chi connectivity index (χ4v) is 3.24. The monoisotopic (exact) mass is 373 g/mol. The van der Waals surface area contributed by atoms with Crippen LogP contribution < -0.4 is 0 Å². The van der Waals surface area contributed by atoms with Crippen molar-refractivity contribution < 1.29 is 10.2 Å². The summed E-state index contributed by atoms with van der Waals surface area (Å²) in [4.78, 5) is 1.40. The molecule has 2 N–H and O–H groups in total. The molecule has 0 radical (unpaired) electrons. The van der Waals surface area contributed by atoms with Crippen LogP contribution in [0.1, 0.15) is 52.7 Å². The van der Waals surface area contributed by atoms with Crippen LogP contribution >= 0.6 is 11.6 Å². The minimum atomic E-state index is -0.458. The maximum atomic E-state index is 10.9. The predicted octanol–water partition coefficient (Wildman–Crippen LogP) is 5.08. The third-order valence-corrected chi connectivity index (χ3v) is 4.60. The van der Waals surface area contributed by atoms with E-state index in [-0.39, 0.29) is 16.9 Å². The Morgan fingerprint density at radius 1 is 0.846 bits per heavy atom. The zero-order valence-electron chi connectivity index (χ0n) is 15.9. The Kier molecular flexibility index (Phi) is 4.19. The van der Waals surface area contributed by atoms with Gasteiger partial charge in [0.2, 0.25) is 0 Å². The van der Waals surface area contributed by atoms with Crippen molar-refractivity contribution in [2.75, 3.05) is 0 Å². The van der Waals surface area contributed by atoms with Crippen molar-refractivity contribution in [3.05, 3.63) is 40.4 Å². The van der Waals surface area contributed by atoms with E-state index in [1.807, 2.05) is 41.5 Å². The van der Waals surface area contributed by atoms with Crippen LogP contribution in [-0.2, 0) is 10.8 Å². The summed E-state index contributed by atoms with van der Waals surface area (Å²) in [7, 11) is 0. The van der Waals surface area contributed by atoms with Gasteiger partial charge in [-0.15, -0.1) is 15.0 Å². The van der Waals surface area contributed by atoms with E-state index in [4.69, 9.17) is 11.6 Å². The molecule has 3 aromatic rings. The number of halogens is 1. The van der Waals surface area contributed by atoms with Gasteiger partial charge < -0.3 is 10.2 Å². The second-order valence-corrected chi connectivity index (χ2v) is 9.07. The Labute approximate surface area is 158 Å². The van der Waals surface area contributed by atoms with E-state index >= 15 is 0 Å². The molecule has 138 valence electrons. The minimum absolute atomic E-state index is 0.0191. The summed E-state index contributed by atoms with van der Waals surface area (Å²) in [6.07, 6.45) is 0. The fourth-order valence-electron chi connectivity index (χ4n) is 3.08. The molecule has 1 aromatic heterocycles. The number of hydrogen-bond donors (Lipinski definition) is 2. The van der Waals surface area contributed by atoms with Crippen molar-refractivity contribution in [2.45, 2.75) is 52.4 Å². The molecule has 0 aliphatic rings. The normalized spacial score (nSPS) is 12.7. The summed E-state index contributed by atoms with van der Waals surface area (Å²) in [6, 6.07) is 7.02. The third kappa shape index (κ3) is 3.12. The molecule has 0 fully saturated rings. The Hall–Kier alpha value is -2.27. The molecular weight excluding hydrogens is 350 g/mol. The first-order chi connectivity index (χ1) is 11.9. The van der Waals surface area contributed by atoms with Gasteiger partial charge in [-0.2, -0.15) is 0 Å². The van der Waals surface area contributed by atoms with Crippen molar-refractivity contribution in [3.8, 4) is 17.2 Å². The van der Waals surface area contributed by atoms with Crippen LogP contribution in [0.2, 0.25) is 5.02 Å². The van der Waals surface area contributed by atoms with Crippen LogP contribution in [0.5, 0.6) is 11.5 Å². The van der Waals surface area contributed by atoms with E-state index in [1.165, 1.54) is 4.80 Å². The fraction of sp³-hybridized carbons (Fsp3) is 0.400. The van der Waals surface area contributed by atoms with Gasteiger partial charge in [-0.05, 0) is 35.1 Å². The summed E-state index contributed by atoms with van der Waals surface area (Å²) in [5.41, 5.74) is 2.19. The van der Waals surface area contributed by atoms with E-state index in [1.54, 1.807) is 24.3 Å². The summed E-state index contributed by atoms with van der Waals surface area (Å²) >= 11 is 6.04. The van der Waals surface area contributed by atoms with Crippen molar-refractivity contribution in [1.82, 2.24) is 15.0 Å². The number of rotatable bonds is 1. The van der Waals surface area contributed by atoms with Gasteiger partial charge in [-0.1, -0.05) is 53.1 Å². The highest BCUT2D eigenvalue weighted by Crippen LogP contribution is 2.46. The SMILES string of the molecule is CC(C)(C)c1cc(-n2nc3ccc(Cl)cc3n2)c(O)c(C(C)(C)C)c1O. The maximum absolute atomic E-state index is 10.9. The van der Waals surface area contributed by atoms with E-state index in [2.05, 4.69) is 10.2 Å². The lowest BCUT2D eigenvalue weighted by atomic mass is 9.78. The largest absolute Gasteiger partial charge is 0.507 e. The number of benzene rings is 2. The maximum Gasteiger partial charge on any atom is 0.150 e. The first kappa shape index (κ1) is 18.5. The molecule has 6 heteroatoms. The second kappa shape index (κ2) is 5.88. The molecule has 3 rings (SSSR count). The molecule has 5 nitrogen and oxygen atoms in total. The standard InChI is InChI=1S/C20H24ClN3O2/c1-19(2,3)12-10-15(18(26)16(17(12)25)20(4,5)6)24-22-13-8-7-11(21)9-14(13)23-24/h7-10,25-26H,1-6H3. The second-order valence-electron chi connectivity index (χ2n) is 8.64. The zero-order chi connectivity index (χ0) is 19.4. The average molecular weight is 374 g/mol. The molecule has 1 heterocycles. The number of phenols is 2. The van der Waals surface area contributed by atoms with Gasteiger partial charge in [0.1, 0.15) is 22.5 Å². The Bertz CT molecular complexity index is 995. The predicted molar refractivity (Wildman–Crippen MR) is 105 cm³/mol. The van der Waals surface area contributed by atoms with Gasteiger partial charge >= 0.3 is 0 Å². The molecule has 0 bridgehead atoms. The molecule has 0 spiro atoms. The number of aromatic hydroxyl groups is 2. The van der Waals surface area contributed by atoms with Crippen molar-refractivity contribution in [2.24, 2.45) is 0 Å². The Balaban J connectivity index is 2.35. The highest BCUT2D eigenvalue weighted by Gasteiger charge is 2.31. The molecular formula is C20H24ClN3O2. The molecule has 0 amide bonds. The molecule has 0 aliphatic carbocycles. The lowest BCUT2D eigenvalue weighted by Crippen LogP contribution is -2.19. The topological polar surface area (TPSA) is 71.2 Å². The number of fused-ring (bicyclic) bond motifs is 1. The highest BCUT2D eigenvalue weighted by atomic mass is 35.5. The van der Waals surface area contributed by atoms with Crippen molar-refractivity contribution in [1.29, 1.82) is 0 Å². The van der Waals surface area contributed by atoms with Crippen LogP contribution in [0, 0.1) is 0 Å². The quantitative estimate of drug-likeness (QED) is 0.624. The molecule has 0 atom stereocenters. The minimum Gasteiger partial charge on any atom is -0.507 e. The third-order valence-electron chi connectivity index (χ3n) is 4.37. The van der Waals surface area contributed by atoms with Gasteiger partial charge in [0.25, 0.3) is 0 Å². The lowest BCUT2D eigenvalue weighted by molar-refractivity contribution is 0.394. The van der Waals surface area contributed by atoms with Gasteiger partial charge in [0.05, 0.1) is 0 Å². The van der Waals surface area contributed by atoms with Crippen molar-refractivity contribution >= 4 is 22.6 Å². The van der Waals surface area contributed by atoms with Crippen LogP contribution in [0.4, 0.5) is 0 Å². The van der Waals surface area contributed by atoms with Crippen LogP contribution in [0.3, 0.4) is 0 Å². The molecule has 0 unspecified atom stereocenters. The van der Waals surface area contributed by atoms with E-state index in [0.29, 0.717) is 27.3 Å². The van der Waals surface area contributed by atoms with E-state index in [0.717, 1.165) is 5.56 Å². The smallest absolute Gasteiger partial charge is 0.150 e. The van der Waals surface area contributed by atoms with Crippen LogP contribution in [0.25, 0.3) is 16.7 Å². The summed E-state index contributed by atoms with van der Waals surface area (Å²) in [5, 5.41) is 31.3. The highest BCUT2D eigenvalue weighted by molar-refractivity contribution is 6.31. The first-order valence-corrected chi connectivity index (χ1v) is 8.90. The van der Waals surface area contributed by atoms with Gasteiger partial charge in [0, 0.05) is 16.1 Å². The van der Waals surface area contributed by atoms with Crippen LogP contribution in [0.15, 0.2) is 24.3 Å². The lowest BCUT2D eigenvalue weighted by Gasteiger charge is -2.29. The van der Waals surface area contributed by atoms with Gasteiger partial charge in [0.15, 0.2) is 5.75 Å². The number of phenolic OH excluding ortho intramolecular Hbond substituents is 2. The molecule has 0 saturated heterocycles. The van der Waals surface area contributed by atoms with E-state index in [9.17, 15) is 10.2 Å². The van der Waals surface area contributed by atoms with Crippen LogP contribution in [-0.4, -0.2) is 25.2 Å². The number of hydrogen-bond acceptors (Lipinski definition) is 4. The zero-order valence-corrected chi connectivity index (χ0v) is 16.7. The molecule has 26 heavy (non-hydrogen) atoms. The van der Waals surface area contributed by atoms with E-state index < -0.39 is 5.41 Å². The molecule has 0 saturated carbocycles. The number of aromatic nitrogens is 3. The average Bonchev–Trinajstić information content (AvgIpc) is 2.87. The van der Waals surface area contributed by atoms with Crippen molar-refractivity contribution in [3.63, 3.8) is 0 Å². The Morgan fingerprint density at radius 3 is 2.04 bits per heavy atom. The molecule has 0 aliphatic heterocycles. The number of nitrogens with zero attached hydrogens (tertiary/aromatic N) is 3. The first-order valence-electron chi connectivity index (χ1n) is 8.52. The Morgan fingerprint density at radius 2 is 1.46 bits per heavy atom. The van der Waals surface area contributed by atoms with Gasteiger partial charge in [-0.3, -0.25) is 0 Å². The summed E-state index contributed by atoms with van der Waals surface area (Å²) in [5.74, 6) is 0.0976.